The van der Waals surface area contributed by atoms with Gasteiger partial charge in [-0.25, -0.2) is 0 Å². The summed E-state index contributed by atoms with van der Waals surface area (Å²) in [6.45, 7) is 2.58. The highest BCUT2D eigenvalue weighted by Crippen LogP contribution is 2.34. The van der Waals surface area contributed by atoms with Crippen molar-refractivity contribution < 1.29 is 18.0 Å². The Balaban J connectivity index is 3.06. The third-order valence-corrected chi connectivity index (χ3v) is 3.06. The van der Waals surface area contributed by atoms with Crippen molar-refractivity contribution in [1.29, 1.82) is 0 Å². The summed E-state index contributed by atoms with van der Waals surface area (Å²) in [6, 6.07) is 4.11. The molecule has 1 aromatic carbocycles. The van der Waals surface area contributed by atoms with Gasteiger partial charge in [-0.3, -0.25) is 4.79 Å². The first-order valence-corrected chi connectivity index (χ1v) is 6.62. The van der Waals surface area contributed by atoms with Crippen LogP contribution in [0.15, 0.2) is 18.2 Å². The number of rotatable bonds is 6. The van der Waals surface area contributed by atoms with Gasteiger partial charge < -0.3 is 15.5 Å². The molecule has 118 valence electrons. The minimum Gasteiger partial charge on any atom is -0.365 e. The number of nitrogens with one attached hydrogen (secondary N) is 2. The van der Waals surface area contributed by atoms with Crippen molar-refractivity contribution >= 4 is 11.6 Å². The fraction of sp³-hybridized carbons (Fsp3) is 0.500. The predicted molar refractivity (Wildman–Crippen MR) is 76.2 cm³/mol. The Morgan fingerprint density at radius 1 is 1.33 bits per heavy atom. The molecule has 0 saturated carbocycles. The standard InChI is InChI=1S/C14H20F3N3O/c1-4-19-8-10-5-6-11(7-12(10)14(15,16)17)20(3)9-13(21)18-2/h5-7,19H,4,8-9H2,1-3H3,(H,18,21). The van der Waals surface area contributed by atoms with E-state index >= 15 is 0 Å². The highest BCUT2D eigenvalue weighted by atomic mass is 19.4. The molecule has 0 radical (unpaired) electrons. The number of amides is 1. The van der Waals surface area contributed by atoms with Gasteiger partial charge in [-0.15, -0.1) is 0 Å². The van der Waals surface area contributed by atoms with E-state index in [2.05, 4.69) is 10.6 Å². The van der Waals surface area contributed by atoms with Gasteiger partial charge in [0.1, 0.15) is 0 Å². The number of likely N-dealkylation sites (N-methyl/N-ethyl adjacent to an activating group) is 2. The van der Waals surface area contributed by atoms with Crippen molar-refractivity contribution in [3.8, 4) is 0 Å². The highest BCUT2D eigenvalue weighted by Gasteiger charge is 2.33. The zero-order chi connectivity index (χ0) is 16.0. The zero-order valence-corrected chi connectivity index (χ0v) is 12.3. The van der Waals surface area contributed by atoms with Gasteiger partial charge in [0, 0.05) is 26.3 Å². The number of nitrogens with zero attached hydrogens (tertiary/aromatic N) is 1. The third-order valence-electron chi connectivity index (χ3n) is 3.06. The molecule has 0 aliphatic carbocycles. The third kappa shape index (κ3) is 4.93. The van der Waals surface area contributed by atoms with Crippen LogP contribution in [0, 0.1) is 0 Å². The van der Waals surface area contributed by atoms with Crippen molar-refractivity contribution in [2.75, 3.05) is 32.1 Å². The first-order valence-electron chi connectivity index (χ1n) is 6.62. The lowest BCUT2D eigenvalue weighted by atomic mass is 10.1. The highest BCUT2D eigenvalue weighted by molar-refractivity contribution is 5.80. The Kier molecular flexibility index (Phi) is 6.02. The number of halogens is 3. The first kappa shape index (κ1) is 17.3. The van der Waals surface area contributed by atoms with Crippen LogP contribution < -0.4 is 15.5 Å². The second kappa shape index (κ2) is 7.31. The molecule has 0 atom stereocenters. The van der Waals surface area contributed by atoms with Gasteiger partial charge in [-0.2, -0.15) is 13.2 Å². The molecule has 0 aliphatic rings. The van der Waals surface area contributed by atoms with E-state index in [4.69, 9.17) is 0 Å². The molecule has 1 rings (SSSR count). The molecule has 0 aromatic heterocycles. The lowest BCUT2D eigenvalue weighted by molar-refractivity contribution is -0.138. The van der Waals surface area contributed by atoms with E-state index in [1.807, 2.05) is 6.92 Å². The van der Waals surface area contributed by atoms with Gasteiger partial charge in [0.15, 0.2) is 0 Å². The lowest BCUT2D eigenvalue weighted by Gasteiger charge is -2.21. The fourth-order valence-electron chi connectivity index (χ4n) is 1.87. The Morgan fingerprint density at radius 2 is 2.00 bits per heavy atom. The molecule has 0 bridgehead atoms. The second-order valence-corrected chi connectivity index (χ2v) is 4.65. The molecule has 2 N–H and O–H groups in total. The van der Waals surface area contributed by atoms with Crippen LogP contribution in [-0.2, 0) is 17.5 Å². The van der Waals surface area contributed by atoms with Gasteiger partial charge in [0.2, 0.25) is 5.91 Å². The quantitative estimate of drug-likeness (QED) is 0.845. The molecule has 0 spiro atoms. The average molecular weight is 303 g/mol. The van der Waals surface area contributed by atoms with Crippen LogP contribution in [0.3, 0.4) is 0 Å². The van der Waals surface area contributed by atoms with E-state index in [1.54, 1.807) is 13.1 Å². The van der Waals surface area contributed by atoms with Crippen LogP contribution in [0.4, 0.5) is 18.9 Å². The molecule has 0 heterocycles. The molecule has 7 heteroatoms. The second-order valence-electron chi connectivity index (χ2n) is 4.65. The van der Waals surface area contributed by atoms with Crippen LogP contribution in [-0.4, -0.2) is 33.1 Å². The Bertz CT molecular complexity index is 489. The van der Waals surface area contributed by atoms with E-state index in [1.165, 1.54) is 18.0 Å². The Labute approximate surface area is 122 Å². The maximum atomic E-state index is 13.1. The number of anilines is 1. The summed E-state index contributed by atoms with van der Waals surface area (Å²) in [7, 11) is 3.06. The molecule has 1 aromatic rings. The lowest BCUT2D eigenvalue weighted by Crippen LogP contribution is -2.33. The smallest absolute Gasteiger partial charge is 0.365 e. The number of benzene rings is 1. The molecular formula is C14H20F3N3O. The average Bonchev–Trinajstić information content (AvgIpc) is 2.43. The van der Waals surface area contributed by atoms with Crippen LogP contribution in [0.2, 0.25) is 0 Å². The number of hydrogen-bond donors (Lipinski definition) is 2. The van der Waals surface area contributed by atoms with E-state index in [0.717, 1.165) is 6.07 Å². The van der Waals surface area contributed by atoms with Crippen LogP contribution in [0.1, 0.15) is 18.1 Å². The number of carbonyl (C=O) groups is 1. The Morgan fingerprint density at radius 3 is 2.52 bits per heavy atom. The molecular weight excluding hydrogens is 283 g/mol. The molecule has 4 nitrogen and oxygen atoms in total. The summed E-state index contributed by atoms with van der Waals surface area (Å²) in [5.74, 6) is -0.261. The molecule has 1 amide bonds. The minimum atomic E-state index is -4.42. The predicted octanol–water partition coefficient (Wildman–Crippen LogP) is 2.00. The van der Waals surface area contributed by atoms with Crippen molar-refractivity contribution in [2.24, 2.45) is 0 Å². The number of alkyl halides is 3. The van der Waals surface area contributed by atoms with Crippen molar-refractivity contribution in [2.45, 2.75) is 19.6 Å². The summed E-state index contributed by atoms with van der Waals surface area (Å²) in [4.78, 5) is 12.8. The fourth-order valence-corrected chi connectivity index (χ4v) is 1.87. The molecule has 0 fully saturated rings. The molecule has 21 heavy (non-hydrogen) atoms. The van der Waals surface area contributed by atoms with Crippen LogP contribution in [0.25, 0.3) is 0 Å². The monoisotopic (exact) mass is 303 g/mol. The van der Waals surface area contributed by atoms with E-state index < -0.39 is 11.7 Å². The van der Waals surface area contributed by atoms with Gasteiger partial charge in [-0.05, 0) is 24.2 Å². The summed E-state index contributed by atoms with van der Waals surface area (Å²) in [5, 5.41) is 5.33. The van der Waals surface area contributed by atoms with Crippen LogP contribution >= 0.6 is 0 Å². The topological polar surface area (TPSA) is 44.4 Å². The first-order chi connectivity index (χ1) is 9.79. The molecule has 0 aliphatic heterocycles. The number of hydrogen-bond acceptors (Lipinski definition) is 3. The van der Waals surface area contributed by atoms with E-state index in [0.29, 0.717) is 12.2 Å². The normalized spacial score (nSPS) is 11.3. The van der Waals surface area contributed by atoms with E-state index in [9.17, 15) is 18.0 Å². The maximum absolute atomic E-state index is 13.1. The van der Waals surface area contributed by atoms with Gasteiger partial charge in [0.25, 0.3) is 0 Å². The summed E-state index contributed by atoms with van der Waals surface area (Å²) in [5.41, 5.74) is -0.127. The van der Waals surface area contributed by atoms with Crippen molar-refractivity contribution in [3.63, 3.8) is 0 Å². The van der Waals surface area contributed by atoms with Gasteiger partial charge >= 0.3 is 6.18 Å². The van der Waals surface area contributed by atoms with Crippen molar-refractivity contribution in [3.05, 3.63) is 29.3 Å². The van der Waals surface area contributed by atoms with Gasteiger partial charge in [-0.1, -0.05) is 13.0 Å². The van der Waals surface area contributed by atoms with Crippen LogP contribution in [0.5, 0.6) is 0 Å². The largest absolute Gasteiger partial charge is 0.416 e. The summed E-state index contributed by atoms with van der Waals surface area (Å²) < 4.78 is 39.4. The summed E-state index contributed by atoms with van der Waals surface area (Å²) >= 11 is 0. The SMILES string of the molecule is CCNCc1ccc(N(C)CC(=O)NC)cc1C(F)(F)F. The zero-order valence-electron chi connectivity index (χ0n) is 12.3. The van der Waals surface area contributed by atoms with Crippen molar-refractivity contribution in [1.82, 2.24) is 10.6 Å². The molecule has 0 unspecified atom stereocenters. The Hall–Kier alpha value is -1.76. The van der Waals surface area contributed by atoms with Gasteiger partial charge in [0.05, 0.1) is 12.1 Å². The maximum Gasteiger partial charge on any atom is 0.416 e. The minimum absolute atomic E-state index is 0.000351. The van der Waals surface area contributed by atoms with E-state index in [-0.39, 0.29) is 24.6 Å². The summed E-state index contributed by atoms with van der Waals surface area (Å²) in [6.07, 6.45) is -4.42. The number of carbonyl (C=O) groups excluding carboxylic acids is 1. The molecule has 0 saturated heterocycles.